The van der Waals surface area contributed by atoms with Crippen molar-refractivity contribution in [1.82, 2.24) is 20.0 Å². The van der Waals surface area contributed by atoms with Gasteiger partial charge in [0, 0.05) is 56.2 Å². The highest BCUT2D eigenvalue weighted by Crippen LogP contribution is 2.54. The molecule has 244 valence electrons. The third-order valence-electron chi connectivity index (χ3n) is 9.78. The molecular formula is C32H36F3N7O3S. The highest BCUT2D eigenvalue weighted by molar-refractivity contribution is 7.93. The predicted octanol–water partition coefficient (Wildman–Crippen LogP) is 5.36. The summed E-state index contributed by atoms with van der Waals surface area (Å²) in [5.74, 6) is -3.38. The van der Waals surface area contributed by atoms with E-state index in [1.165, 1.54) is 19.8 Å². The SMILES string of the molecule is C[C@@H](CO)S(=O)(=O)Nc1ccc(-n2cc(-c3cc4cccnc4c(N4CCC(F)(F)CC4)c3F)nn2)c(N2CCC3(CC2)CC3)c1. The van der Waals surface area contributed by atoms with E-state index in [0.717, 1.165) is 31.6 Å². The lowest BCUT2D eigenvalue weighted by Gasteiger charge is -2.35. The Morgan fingerprint density at radius 2 is 1.70 bits per heavy atom. The van der Waals surface area contributed by atoms with E-state index in [0.29, 0.717) is 27.7 Å². The van der Waals surface area contributed by atoms with Crippen molar-refractivity contribution in [2.75, 3.05) is 47.3 Å². The molecule has 4 heterocycles. The van der Waals surface area contributed by atoms with E-state index < -0.39 is 33.6 Å². The van der Waals surface area contributed by atoms with Gasteiger partial charge < -0.3 is 14.9 Å². The molecule has 1 atom stereocenters. The van der Waals surface area contributed by atoms with E-state index in [1.54, 1.807) is 58.4 Å². The molecule has 2 saturated heterocycles. The largest absolute Gasteiger partial charge is 0.395 e. The van der Waals surface area contributed by atoms with Crippen LogP contribution in [0.25, 0.3) is 27.8 Å². The summed E-state index contributed by atoms with van der Waals surface area (Å²) < 4.78 is 74.0. The highest BCUT2D eigenvalue weighted by Gasteiger charge is 2.44. The van der Waals surface area contributed by atoms with Crippen LogP contribution in [0.3, 0.4) is 0 Å². The van der Waals surface area contributed by atoms with Gasteiger partial charge in [-0.1, -0.05) is 11.3 Å². The van der Waals surface area contributed by atoms with Crippen LogP contribution in [0.2, 0.25) is 0 Å². The second-order valence-electron chi connectivity index (χ2n) is 12.9. The molecule has 0 unspecified atom stereocenters. The fourth-order valence-electron chi connectivity index (χ4n) is 6.52. The molecule has 3 aliphatic rings. The third-order valence-corrected chi connectivity index (χ3v) is 11.5. The van der Waals surface area contributed by atoms with E-state index in [9.17, 15) is 22.3 Å². The summed E-state index contributed by atoms with van der Waals surface area (Å²) >= 11 is 0. The van der Waals surface area contributed by atoms with E-state index in [1.807, 2.05) is 0 Å². The minimum absolute atomic E-state index is 0.000590. The number of alkyl halides is 2. The van der Waals surface area contributed by atoms with Crippen LogP contribution in [0, 0.1) is 11.2 Å². The molecule has 1 saturated carbocycles. The smallest absolute Gasteiger partial charge is 0.251 e. The van der Waals surface area contributed by atoms with E-state index >= 15 is 4.39 Å². The molecule has 0 amide bonds. The predicted molar refractivity (Wildman–Crippen MR) is 171 cm³/mol. The van der Waals surface area contributed by atoms with Gasteiger partial charge in [0.1, 0.15) is 16.6 Å². The lowest BCUT2D eigenvalue weighted by atomic mass is 9.93. The summed E-state index contributed by atoms with van der Waals surface area (Å²) in [6, 6.07) is 10.3. The molecule has 3 fully saturated rings. The molecule has 2 aromatic carbocycles. The van der Waals surface area contributed by atoms with Crippen molar-refractivity contribution >= 4 is 38.0 Å². The number of pyridine rings is 1. The van der Waals surface area contributed by atoms with Crippen molar-refractivity contribution in [3.05, 3.63) is 54.6 Å². The van der Waals surface area contributed by atoms with E-state index in [-0.39, 0.29) is 42.9 Å². The Balaban J connectivity index is 1.27. The lowest BCUT2D eigenvalue weighted by molar-refractivity contribution is -0.0221. The van der Waals surface area contributed by atoms with Gasteiger partial charge in [0.15, 0.2) is 5.82 Å². The van der Waals surface area contributed by atoms with Crippen molar-refractivity contribution in [2.24, 2.45) is 5.41 Å². The monoisotopic (exact) mass is 655 g/mol. The lowest BCUT2D eigenvalue weighted by Crippen LogP contribution is -2.40. The maximum Gasteiger partial charge on any atom is 0.251 e. The van der Waals surface area contributed by atoms with Gasteiger partial charge in [-0.3, -0.25) is 9.71 Å². The van der Waals surface area contributed by atoms with E-state index in [2.05, 4.69) is 24.9 Å². The zero-order chi connectivity index (χ0) is 32.3. The number of fused-ring (bicyclic) bond motifs is 1. The first-order valence-electron chi connectivity index (χ1n) is 15.6. The first-order chi connectivity index (χ1) is 22.0. The summed E-state index contributed by atoms with van der Waals surface area (Å²) in [5.41, 5.74) is 3.18. The number of halogens is 3. The summed E-state index contributed by atoms with van der Waals surface area (Å²) in [5, 5.41) is 17.8. The van der Waals surface area contributed by atoms with Crippen LogP contribution < -0.4 is 14.5 Å². The minimum atomic E-state index is -3.82. The number of rotatable bonds is 8. The number of aromatic nitrogens is 4. The number of aliphatic hydroxyl groups excluding tert-OH is 1. The Labute approximate surface area is 265 Å². The van der Waals surface area contributed by atoms with Crippen LogP contribution in [0.5, 0.6) is 0 Å². The average molecular weight is 656 g/mol. The number of piperidine rings is 2. The molecule has 46 heavy (non-hydrogen) atoms. The standard InChI is InChI=1S/C32H36F3N7O3S/c1-21(20-43)46(44,45)38-23-4-5-26(27(18-23)40-13-8-31(6-7-31)9-14-40)42-19-25(37-39-42)24-17-22-3-2-12-36-29(22)30(28(24)33)41-15-10-32(34,35)11-16-41/h2-5,12,17-19,21,38,43H,6-11,13-16,20H2,1H3/t21-/m0/s1. The van der Waals surface area contributed by atoms with Crippen LogP contribution >= 0.6 is 0 Å². The number of benzene rings is 2. The Morgan fingerprint density at radius 3 is 2.39 bits per heavy atom. The number of aliphatic hydroxyl groups is 1. The second kappa shape index (κ2) is 11.4. The van der Waals surface area contributed by atoms with Crippen LogP contribution in [0.15, 0.2) is 48.8 Å². The first-order valence-corrected chi connectivity index (χ1v) is 17.2. The number of nitrogens with zero attached hydrogens (tertiary/aromatic N) is 6. The number of hydrogen-bond donors (Lipinski definition) is 2. The molecule has 0 bridgehead atoms. The second-order valence-corrected chi connectivity index (χ2v) is 15.0. The molecule has 2 aromatic heterocycles. The van der Waals surface area contributed by atoms with Gasteiger partial charge in [-0.25, -0.2) is 26.3 Å². The Morgan fingerprint density at radius 1 is 0.978 bits per heavy atom. The molecule has 1 aliphatic carbocycles. The van der Waals surface area contributed by atoms with Crippen molar-refractivity contribution in [2.45, 2.75) is 56.6 Å². The number of nitrogens with one attached hydrogen (secondary N) is 1. The summed E-state index contributed by atoms with van der Waals surface area (Å²) in [7, 11) is -3.82. The molecule has 0 radical (unpaired) electrons. The molecule has 2 aliphatic heterocycles. The molecule has 14 heteroatoms. The van der Waals surface area contributed by atoms with Crippen molar-refractivity contribution in [1.29, 1.82) is 0 Å². The maximum atomic E-state index is 16.4. The average Bonchev–Trinajstić information content (AvgIpc) is 3.61. The zero-order valence-corrected chi connectivity index (χ0v) is 26.3. The van der Waals surface area contributed by atoms with Gasteiger partial charge in [-0.15, -0.1) is 5.10 Å². The molecule has 1 spiro atoms. The molecule has 4 aromatic rings. The fourth-order valence-corrected chi connectivity index (χ4v) is 7.37. The van der Waals surface area contributed by atoms with Crippen LogP contribution in [-0.4, -0.2) is 77.5 Å². The highest BCUT2D eigenvalue weighted by atomic mass is 32.2. The molecule has 10 nitrogen and oxygen atoms in total. The van der Waals surface area contributed by atoms with Crippen LogP contribution in [-0.2, 0) is 10.0 Å². The molecule has 2 N–H and O–H groups in total. The number of hydrogen-bond acceptors (Lipinski definition) is 8. The zero-order valence-electron chi connectivity index (χ0n) is 25.5. The van der Waals surface area contributed by atoms with Crippen LogP contribution in [0.4, 0.5) is 30.2 Å². The Bertz CT molecular complexity index is 1880. The number of anilines is 3. The normalized spacial score (nSPS) is 19.8. The first kappa shape index (κ1) is 30.7. The summed E-state index contributed by atoms with van der Waals surface area (Å²) in [4.78, 5) is 8.23. The van der Waals surface area contributed by atoms with Gasteiger partial charge in [0.25, 0.3) is 5.92 Å². The summed E-state index contributed by atoms with van der Waals surface area (Å²) in [6.45, 7) is 2.51. The molecule has 7 rings (SSSR count). The van der Waals surface area contributed by atoms with Gasteiger partial charge in [-0.2, -0.15) is 0 Å². The molecular weight excluding hydrogens is 619 g/mol. The number of sulfonamides is 1. The minimum Gasteiger partial charge on any atom is -0.395 e. The Hall–Kier alpha value is -3.91. The van der Waals surface area contributed by atoms with E-state index in [4.69, 9.17) is 0 Å². The van der Waals surface area contributed by atoms with Gasteiger partial charge in [0.2, 0.25) is 10.0 Å². The quantitative estimate of drug-likeness (QED) is 0.261. The third kappa shape index (κ3) is 5.76. The summed E-state index contributed by atoms with van der Waals surface area (Å²) in [6.07, 6.45) is 6.97. The Kier molecular flexibility index (Phi) is 7.62. The topological polar surface area (TPSA) is 116 Å². The van der Waals surface area contributed by atoms with Gasteiger partial charge in [0.05, 0.1) is 35.4 Å². The van der Waals surface area contributed by atoms with Gasteiger partial charge >= 0.3 is 0 Å². The van der Waals surface area contributed by atoms with Crippen LogP contribution in [0.1, 0.15) is 45.4 Å². The van der Waals surface area contributed by atoms with Gasteiger partial charge in [-0.05, 0) is 68.4 Å². The maximum absolute atomic E-state index is 16.4. The van der Waals surface area contributed by atoms with Crippen molar-refractivity contribution in [3.63, 3.8) is 0 Å². The van der Waals surface area contributed by atoms with Crippen molar-refractivity contribution < 1.29 is 26.7 Å². The fraction of sp³-hybridized carbons (Fsp3) is 0.469. The van der Waals surface area contributed by atoms with Crippen molar-refractivity contribution in [3.8, 4) is 16.9 Å².